The van der Waals surface area contributed by atoms with Crippen molar-refractivity contribution in [3.05, 3.63) is 0 Å². The smallest absolute Gasteiger partial charge is 0.236 e. The van der Waals surface area contributed by atoms with Crippen LogP contribution >= 0.6 is 0 Å². The van der Waals surface area contributed by atoms with Gasteiger partial charge in [0, 0.05) is 32.8 Å². The molecule has 0 aromatic carbocycles. The van der Waals surface area contributed by atoms with Crippen LogP contribution < -0.4 is 11.1 Å². The summed E-state index contributed by atoms with van der Waals surface area (Å²) < 4.78 is 4.92. The van der Waals surface area contributed by atoms with Crippen LogP contribution in [-0.2, 0) is 9.53 Å². The van der Waals surface area contributed by atoms with Crippen molar-refractivity contribution in [2.24, 2.45) is 11.7 Å². The summed E-state index contributed by atoms with van der Waals surface area (Å²) in [7, 11) is 1.65. The summed E-state index contributed by atoms with van der Waals surface area (Å²) in [6, 6.07) is 0.218. The number of carbonyl (C=O) groups is 1. The Morgan fingerprint density at radius 2 is 2.35 bits per heavy atom. The molecule has 2 unspecified atom stereocenters. The van der Waals surface area contributed by atoms with E-state index in [1.165, 1.54) is 0 Å². The van der Waals surface area contributed by atoms with Gasteiger partial charge in [-0.15, -0.1) is 0 Å². The topological polar surface area (TPSA) is 67.6 Å². The van der Waals surface area contributed by atoms with Gasteiger partial charge in [-0.05, 0) is 18.8 Å². The third-order valence-electron chi connectivity index (χ3n) is 3.33. The molecule has 0 saturated carbocycles. The van der Waals surface area contributed by atoms with Gasteiger partial charge < -0.3 is 20.7 Å². The molecule has 3 N–H and O–H groups in total. The molecule has 0 radical (unpaired) electrons. The highest BCUT2D eigenvalue weighted by atomic mass is 16.5. The van der Waals surface area contributed by atoms with Crippen molar-refractivity contribution >= 4 is 5.91 Å². The predicted molar refractivity (Wildman–Crippen MR) is 67.7 cm³/mol. The van der Waals surface area contributed by atoms with Crippen molar-refractivity contribution in [1.29, 1.82) is 0 Å². The van der Waals surface area contributed by atoms with E-state index in [0.29, 0.717) is 32.2 Å². The molecule has 0 spiro atoms. The third kappa shape index (κ3) is 4.61. The molecule has 0 aromatic rings. The second kappa shape index (κ2) is 7.63. The molecule has 1 saturated heterocycles. The molecule has 0 aliphatic carbocycles. The fourth-order valence-electron chi connectivity index (χ4n) is 2.27. The molecule has 1 aliphatic heterocycles. The highest BCUT2D eigenvalue weighted by Crippen LogP contribution is 2.21. The minimum absolute atomic E-state index is 0.156. The number of rotatable bonds is 6. The maximum Gasteiger partial charge on any atom is 0.236 e. The first kappa shape index (κ1) is 14.4. The highest BCUT2D eigenvalue weighted by Gasteiger charge is 2.28. The number of piperidine rings is 1. The minimum Gasteiger partial charge on any atom is -0.383 e. The fourth-order valence-corrected chi connectivity index (χ4v) is 2.27. The minimum atomic E-state index is 0.156. The van der Waals surface area contributed by atoms with Gasteiger partial charge in [0.1, 0.15) is 0 Å². The standard InChI is InChI=1S/C12H25N3O2/c1-10-3-5-15(11(7-10)8-13)12(16)9-14-4-6-17-2/h10-11,14H,3-9,13H2,1-2H3. The summed E-state index contributed by atoms with van der Waals surface area (Å²) in [5.74, 6) is 0.831. The number of methoxy groups -OCH3 is 1. The first-order valence-electron chi connectivity index (χ1n) is 6.38. The number of likely N-dealkylation sites (tertiary alicyclic amines) is 1. The molecule has 5 nitrogen and oxygen atoms in total. The van der Waals surface area contributed by atoms with E-state index < -0.39 is 0 Å². The monoisotopic (exact) mass is 243 g/mol. The third-order valence-corrected chi connectivity index (χ3v) is 3.33. The number of nitrogens with zero attached hydrogens (tertiary/aromatic N) is 1. The van der Waals surface area contributed by atoms with Crippen LogP contribution in [0.15, 0.2) is 0 Å². The number of hydrogen-bond donors (Lipinski definition) is 2. The molecule has 1 amide bonds. The second-order valence-corrected chi connectivity index (χ2v) is 4.78. The second-order valence-electron chi connectivity index (χ2n) is 4.78. The summed E-state index contributed by atoms with van der Waals surface area (Å²) in [5, 5.41) is 3.08. The zero-order valence-corrected chi connectivity index (χ0v) is 10.9. The average Bonchev–Trinajstić information content (AvgIpc) is 2.34. The van der Waals surface area contributed by atoms with Crippen LogP contribution in [0.3, 0.4) is 0 Å². The Bertz CT molecular complexity index is 236. The summed E-state index contributed by atoms with van der Waals surface area (Å²) in [5.41, 5.74) is 5.74. The van der Waals surface area contributed by atoms with Crippen molar-refractivity contribution in [3.8, 4) is 0 Å². The Morgan fingerprint density at radius 3 is 3.00 bits per heavy atom. The van der Waals surface area contributed by atoms with Crippen LogP contribution in [0.2, 0.25) is 0 Å². The zero-order valence-electron chi connectivity index (χ0n) is 10.9. The molecule has 1 fully saturated rings. The van der Waals surface area contributed by atoms with E-state index >= 15 is 0 Å². The Kier molecular flexibility index (Phi) is 6.47. The van der Waals surface area contributed by atoms with Gasteiger partial charge in [-0.3, -0.25) is 4.79 Å². The molecule has 0 bridgehead atoms. The largest absolute Gasteiger partial charge is 0.383 e. The molecule has 5 heteroatoms. The maximum absolute atomic E-state index is 12.0. The van der Waals surface area contributed by atoms with E-state index in [2.05, 4.69) is 12.2 Å². The van der Waals surface area contributed by atoms with Crippen LogP contribution in [-0.4, -0.2) is 56.7 Å². The summed E-state index contributed by atoms with van der Waals surface area (Å²) in [4.78, 5) is 13.9. The van der Waals surface area contributed by atoms with Gasteiger partial charge >= 0.3 is 0 Å². The van der Waals surface area contributed by atoms with Gasteiger partial charge in [-0.1, -0.05) is 6.92 Å². The molecule has 1 aliphatic rings. The summed E-state index contributed by atoms with van der Waals surface area (Å²) >= 11 is 0. The molecule has 100 valence electrons. The number of amides is 1. The lowest BCUT2D eigenvalue weighted by Crippen LogP contribution is -2.51. The maximum atomic E-state index is 12.0. The van der Waals surface area contributed by atoms with Crippen molar-refractivity contribution in [2.45, 2.75) is 25.8 Å². The number of hydrogen-bond acceptors (Lipinski definition) is 4. The Balaban J connectivity index is 2.33. The van der Waals surface area contributed by atoms with Crippen LogP contribution in [0.5, 0.6) is 0 Å². The van der Waals surface area contributed by atoms with Crippen molar-refractivity contribution in [2.75, 3.05) is 39.9 Å². The number of nitrogens with two attached hydrogens (primary N) is 1. The molecule has 0 aromatic heterocycles. The Morgan fingerprint density at radius 1 is 1.59 bits per heavy atom. The molecule has 17 heavy (non-hydrogen) atoms. The Labute approximate surface area is 104 Å². The van der Waals surface area contributed by atoms with E-state index in [4.69, 9.17) is 10.5 Å². The number of carbonyl (C=O) groups excluding carboxylic acids is 1. The van der Waals surface area contributed by atoms with E-state index in [1.807, 2.05) is 4.90 Å². The Hall–Kier alpha value is -0.650. The summed E-state index contributed by atoms with van der Waals surface area (Å²) in [6.07, 6.45) is 2.11. The van der Waals surface area contributed by atoms with E-state index in [9.17, 15) is 4.79 Å². The quantitative estimate of drug-likeness (QED) is 0.634. The average molecular weight is 243 g/mol. The SMILES string of the molecule is COCCNCC(=O)N1CCC(C)CC1CN. The number of ether oxygens (including phenoxy) is 1. The van der Waals surface area contributed by atoms with Crippen molar-refractivity contribution in [1.82, 2.24) is 10.2 Å². The van der Waals surface area contributed by atoms with E-state index in [0.717, 1.165) is 19.4 Å². The normalized spacial score (nSPS) is 25.0. The predicted octanol–water partition coefficient (Wildman–Crippen LogP) is -0.192. The van der Waals surface area contributed by atoms with Gasteiger partial charge in [0.05, 0.1) is 13.2 Å². The van der Waals surface area contributed by atoms with Gasteiger partial charge in [0.2, 0.25) is 5.91 Å². The lowest BCUT2D eigenvalue weighted by Gasteiger charge is -2.38. The van der Waals surface area contributed by atoms with E-state index in [1.54, 1.807) is 7.11 Å². The van der Waals surface area contributed by atoms with Gasteiger partial charge in [-0.2, -0.15) is 0 Å². The first-order chi connectivity index (χ1) is 8.19. The van der Waals surface area contributed by atoms with Crippen LogP contribution in [0.1, 0.15) is 19.8 Å². The first-order valence-corrected chi connectivity index (χ1v) is 6.38. The van der Waals surface area contributed by atoms with Crippen LogP contribution in [0, 0.1) is 5.92 Å². The lowest BCUT2D eigenvalue weighted by atomic mass is 9.92. The molecular formula is C12H25N3O2. The zero-order chi connectivity index (χ0) is 12.7. The van der Waals surface area contributed by atoms with Crippen LogP contribution in [0.4, 0.5) is 0 Å². The summed E-state index contributed by atoms with van der Waals surface area (Å²) in [6.45, 7) is 5.35. The lowest BCUT2D eigenvalue weighted by molar-refractivity contribution is -0.134. The fraction of sp³-hybridized carbons (Fsp3) is 0.917. The van der Waals surface area contributed by atoms with Gasteiger partial charge in [0.15, 0.2) is 0 Å². The van der Waals surface area contributed by atoms with E-state index in [-0.39, 0.29) is 11.9 Å². The molecule has 1 heterocycles. The van der Waals surface area contributed by atoms with Gasteiger partial charge in [0.25, 0.3) is 0 Å². The molecular weight excluding hydrogens is 218 g/mol. The van der Waals surface area contributed by atoms with Crippen LogP contribution in [0.25, 0.3) is 0 Å². The molecule has 1 rings (SSSR count). The number of nitrogens with one attached hydrogen (secondary N) is 1. The van der Waals surface area contributed by atoms with Crippen molar-refractivity contribution < 1.29 is 9.53 Å². The van der Waals surface area contributed by atoms with Gasteiger partial charge in [-0.25, -0.2) is 0 Å². The highest BCUT2D eigenvalue weighted by molar-refractivity contribution is 5.78. The van der Waals surface area contributed by atoms with Crippen molar-refractivity contribution in [3.63, 3.8) is 0 Å². The molecule has 2 atom stereocenters.